The molecule has 2 nitrogen and oxygen atoms in total. The number of rotatable bonds is 2. The summed E-state index contributed by atoms with van der Waals surface area (Å²) in [6.07, 6.45) is 4.79. The van der Waals surface area contributed by atoms with Gasteiger partial charge in [-0.05, 0) is 75.6 Å². The third kappa shape index (κ3) is 2.03. The van der Waals surface area contributed by atoms with Crippen LogP contribution in [0.5, 0.6) is 5.75 Å². The molecule has 1 N–H and O–H groups in total. The van der Waals surface area contributed by atoms with Crippen LogP contribution in [-0.4, -0.2) is 12.2 Å². The molecule has 1 aromatic rings. The average Bonchev–Trinajstić information content (AvgIpc) is 2.32. The van der Waals surface area contributed by atoms with E-state index >= 15 is 0 Å². The predicted molar refractivity (Wildman–Crippen MR) is 74.4 cm³/mol. The summed E-state index contributed by atoms with van der Waals surface area (Å²) < 4.78 is 5.59. The van der Waals surface area contributed by atoms with Gasteiger partial charge in [-0.2, -0.15) is 0 Å². The lowest BCUT2D eigenvalue weighted by Gasteiger charge is -2.30. The molecular formula is C16H24O2. The highest BCUT2D eigenvalue weighted by Crippen LogP contribution is 2.41. The molecule has 0 fully saturated rings. The highest BCUT2D eigenvalue weighted by Gasteiger charge is 2.29. The molecule has 0 aliphatic heterocycles. The zero-order valence-electron chi connectivity index (χ0n) is 12.2. The molecule has 0 amide bonds. The zero-order chi connectivity index (χ0) is 13.5. The van der Waals surface area contributed by atoms with Crippen molar-refractivity contribution in [3.63, 3.8) is 0 Å². The van der Waals surface area contributed by atoms with Crippen LogP contribution in [0.2, 0.25) is 0 Å². The van der Waals surface area contributed by atoms with Gasteiger partial charge in [0.15, 0.2) is 0 Å². The first-order valence-corrected chi connectivity index (χ1v) is 6.79. The fourth-order valence-electron chi connectivity index (χ4n) is 3.37. The topological polar surface area (TPSA) is 29.5 Å². The Hall–Kier alpha value is -1.02. The second kappa shape index (κ2) is 4.58. The lowest BCUT2D eigenvalue weighted by atomic mass is 9.79. The zero-order valence-corrected chi connectivity index (χ0v) is 12.2. The number of hydrogen-bond acceptors (Lipinski definition) is 2. The highest BCUT2D eigenvalue weighted by atomic mass is 16.5. The standard InChI is InChI=1S/C16H24O2/c1-10-12-8-6-7-9-13(12)11(2)15(18-5)14(10)16(3,4)17/h17H,6-9H2,1-5H3. The highest BCUT2D eigenvalue weighted by molar-refractivity contribution is 5.57. The van der Waals surface area contributed by atoms with Crippen LogP contribution >= 0.6 is 0 Å². The molecule has 1 aromatic carbocycles. The molecule has 1 aliphatic carbocycles. The summed E-state index contributed by atoms with van der Waals surface area (Å²) in [6.45, 7) is 7.93. The van der Waals surface area contributed by atoms with Gasteiger partial charge in [0.1, 0.15) is 5.75 Å². The molecule has 2 heteroatoms. The second-order valence-electron chi connectivity index (χ2n) is 5.88. The second-order valence-corrected chi connectivity index (χ2v) is 5.88. The molecule has 18 heavy (non-hydrogen) atoms. The molecule has 0 aromatic heterocycles. The van der Waals surface area contributed by atoms with E-state index < -0.39 is 5.60 Å². The minimum absolute atomic E-state index is 0.855. The van der Waals surface area contributed by atoms with Crippen molar-refractivity contribution in [3.8, 4) is 5.75 Å². The van der Waals surface area contributed by atoms with E-state index in [1.165, 1.54) is 35.1 Å². The summed E-state index contributed by atoms with van der Waals surface area (Å²) in [5.41, 5.74) is 5.44. The van der Waals surface area contributed by atoms with Gasteiger partial charge >= 0.3 is 0 Å². The molecule has 0 bridgehead atoms. The van der Waals surface area contributed by atoms with Crippen molar-refractivity contribution in [1.29, 1.82) is 0 Å². The molecule has 0 saturated carbocycles. The van der Waals surface area contributed by atoms with E-state index in [-0.39, 0.29) is 0 Å². The van der Waals surface area contributed by atoms with Crippen LogP contribution < -0.4 is 4.74 Å². The Morgan fingerprint density at radius 1 is 1.00 bits per heavy atom. The van der Waals surface area contributed by atoms with Crippen LogP contribution in [0.3, 0.4) is 0 Å². The van der Waals surface area contributed by atoms with Crippen LogP contribution in [-0.2, 0) is 18.4 Å². The molecule has 0 radical (unpaired) electrons. The number of methoxy groups -OCH3 is 1. The van der Waals surface area contributed by atoms with E-state index in [1.807, 2.05) is 13.8 Å². The molecule has 100 valence electrons. The van der Waals surface area contributed by atoms with Gasteiger partial charge in [-0.15, -0.1) is 0 Å². The van der Waals surface area contributed by atoms with E-state index in [0.717, 1.165) is 24.2 Å². The fraction of sp³-hybridized carbons (Fsp3) is 0.625. The first kappa shape index (κ1) is 13.4. The van der Waals surface area contributed by atoms with Gasteiger partial charge in [0.05, 0.1) is 12.7 Å². The van der Waals surface area contributed by atoms with Gasteiger partial charge in [0, 0.05) is 5.56 Å². The van der Waals surface area contributed by atoms with Crippen molar-refractivity contribution in [3.05, 3.63) is 27.8 Å². The Bertz CT molecular complexity index is 467. The molecular weight excluding hydrogens is 224 g/mol. The van der Waals surface area contributed by atoms with E-state index in [9.17, 15) is 5.11 Å². The maximum atomic E-state index is 10.4. The lowest BCUT2D eigenvalue weighted by molar-refractivity contribution is 0.0746. The van der Waals surface area contributed by atoms with Crippen molar-refractivity contribution in [1.82, 2.24) is 0 Å². The largest absolute Gasteiger partial charge is 0.496 e. The summed E-state index contributed by atoms with van der Waals surface area (Å²) >= 11 is 0. The van der Waals surface area contributed by atoms with Crippen LogP contribution in [0.25, 0.3) is 0 Å². The van der Waals surface area contributed by atoms with Gasteiger partial charge in [0.25, 0.3) is 0 Å². The van der Waals surface area contributed by atoms with E-state index in [1.54, 1.807) is 7.11 Å². The lowest BCUT2D eigenvalue weighted by Crippen LogP contribution is -2.22. The SMILES string of the molecule is COc1c(C)c2c(c(C)c1C(C)(C)O)CCCC2. The molecule has 0 heterocycles. The Balaban J connectivity index is 2.77. The first-order valence-electron chi connectivity index (χ1n) is 6.79. The molecule has 0 atom stereocenters. The quantitative estimate of drug-likeness (QED) is 0.869. The van der Waals surface area contributed by atoms with E-state index in [4.69, 9.17) is 4.74 Å². The van der Waals surface area contributed by atoms with Crippen molar-refractivity contribution in [2.24, 2.45) is 0 Å². The molecule has 1 aliphatic rings. The summed E-state index contributed by atoms with van der Waals surface area (Å²) in [6, 6.07) is 0. The Labute approximate surface area is 110 Å². The smallest absolute Gasteiger partial charge is 0.128 e. The molecule has 0 unspecified atom stereocenters. The minimum Gasteiger partial charge on any atom is -0.496 e. The third-order valence-corrected chi connectivity index (χ3v) is 4.13. The fourth-order valence-corrected chi connectivity index (χ4v) is 3.37. The maximum Gasteiger partial charge on any atom is 0.128 e. The van der Waals surface area contributed by atoms with Crippen LogP contribution in [0.1, 0.15) is 54.5 Å². The Kier molecular flexibility index (Phi) is 3.41. The van der Waals surface area contributed by atoms with E-state index in [2.05, 4.69) is 13.8 Å². The van der Waals surface area contributed by atoms with Crippen molar-refractivity contribution < 1.29 is 9.84 Å². The third-order valence-electron chi connectivity index (χ3n) is 4.13. The maximum absolute atomic E-state index is 10.4. The summed E-state index contributed by atoms with van der Waals surface area (Å²) in [4.78, 5) is 0. The number of fused-ring (bicyclic) bond motifs is 1. The van der Waals surface area contributed by atoms with Crippen molar-refractivity contribution in [2.45, 2.75) is 59.0 Å². The van der Waals surface area contributed by atoms with Gasteiger partial charge in [-0.3, -0.25) is 0 Å². The van der Waals surface area contributed by atoms with Crippen molar-refractivity contribution in [2.75, 3.05) is 7.11 Å². The Morgan fingerprint density at radius 3 is 1.94 bits per heavy atom. The number of aliphatic hydroxyl groups is 1. The number of benzene rings is 1. The van der Waals surface area contributed by atoms with Gasteiger partial charge in [0.2, 0.25) is 0 Å². The first-order chi connectivity index (χ1) is 8.38. The number of hydrogen-bond donors (Lipinski definition) is 1. The Morgan fingerprint density at radius 2 is 1.50 bits per heavy atom. The van der Waals surface area contributed by atoms with Crippen molar-refractivity contribution >= 4 is 0 Å². The predicted octanol–water partition coefficient (Wildman–Crippen LogP) is 3.42. The van der Waals surface area contributed by atoms with Crippen LogP contribution in [0, 0.1) is 13.8 Å². The molecule has 0 spiro atoms. The van der Waals surface area contributed by atoms with E-state index in [0.29, 0.717) is 0 Å². The van der Waals surface area contributed by atoms with Gasteiger partial charge < -0.3 is 9.84 Å². The number of ether oxygens (including phenoxy) is 1. The molecule has 2 rings (SSSR count). The normalized spacial score (nSPS) is 15.4. The summed E-state index contributed by atoms with van der Waals surface area (Å²) in [7, 11) is 1.70. The molecule has 0 saturated heterocycles. The average molecular weight is 248 g/mol. The summed E-state index contributed by atoms with van der Waals surface area (Å²) in [5, 5.41) is 10.4. The monoisotopic (exact) mass is 248 g/mol. The summed E-state index contributed by atoms with van der Waals surface area (Å²) in [5.74, 6) is 0.876. The van der Waals surface area contributed by atoms with Gasteiger partial charge in [-0.1, -0.05) is 0 Å². The van der Waals surface area contributed by atoms with Crippen LogP contribution in [0.4, 0.5) is 0 Å². The minimum atomic E-state index is -0.855. The van der Waals surface area contributed by atoms with Gasteiger partial charge in [-0.25, -0.2) is 0 Å². The van der Waals surface area contributed by atoms with Crippen LogP contribution in [0.15, 0.2) is 0 Å².